The van der Waals surface area contributed by atoms with E-state index in [9.17, 15) is 18.8 Å². The van der Waals surface area contributed by atoms with Crippen LogP contribution in [0.3, 0.4) is 0 Å². The molecule has 0 aromatic heterocycles. The third-order valence-corrected chi connectivity index (χ3v) is 6.40. The lowest BCUT2D eigenvalue weighted by atomic mass is 10.0. The van der Waals surface area contributed by atoms with E-state index in [0.717, 1.165) is 0 Å². The zero-order valence-corrected chi connectivity index (χ0v) is 21.8. The van der Waals surface area contributed by atoms with E-state index in [4.69, 9.17) is 14.2 Å². The van der Waals surface area contributed by atoms with Gasteiger partial charge in [-0.25, -0.2) is 4.39 Å². The van der Waals surface area contributed by atoms with Gasteiger partial charge in [-0.15, -0.1) is 0 Å². The first-order chi connectivity index (χ1) is 17.6. The van der Waals surface area contributed by atoms with Crippen LogP contribution in [0.15, 0.2) is 42.5 Å². The summed E-state index contributed by atoms with van der Waals surface area (Å²) >= 11 is 0. The summed E-state index contributed by atoms with van der Waals surface area (Å²) in [5.74, 6) is -1.11. The number of hydrogen-bond donors (Lipinski definition) is 1. The summed E-state index contributed by atoms with van der Waals surface area (Å²) in [5.41, 5.74) is 0.998. The zero-order chi connectivity index (χ0) is 27.1. The van der Waals surface area contributed by atoms with E-state index >= 15 is 0 Å². The standard InChI is InChI=1S/C27H34FN3O6/c1-17-13-31(25(32)16-35-4)18(2)15-37-23-12-21(29-26(33)19-6-8-20(28)9-7-19)10-11-22(23)27(34)30(3)14-24(17)36-5/h6-12,17-18,24H,13-16H2,1-5H3,(H,29,33)/t17-,18+,24+/m0/s1. The highest BCUT2D eigenvalue weighted by molar-refractivity contribution is 6.05. The number of hydrogen-bond acceptors (Lipinski definition) is 6. The highest BCUT2D eigenvalue weighted by atomic mass is 19.1. The summed E-state index contributed by atoms with van der Waals surface area (Å²) in [4.78, 5) is 42.0. The molecule has 2 aromatic rings. The van der Waals surface area contributed by atoms with Gasteiger partial charge in [0.2, 0.25) is 5.91 Å². The number of carbonyl (C=O) groups is 3. The highest BCUT2D eigenvalue weighted by Gasteiger charge is 2.30. The van der Waals surface area contributed by atoms with Crippen LogP contribution in [0.1, 0.15) is 34.6 Å². The van der Waals surface area contributed by atoms with E-state index in [1.54, 1.807) is 42.2 Å². The van der Waals surface area contributed by atoms with E-state index in [1.165, 1.54) is 31.4 Å². The van der Waals surface area contributed by atoms with Gasteiger partial charge < -0.3 is 29.3 Å². The van der Waals surface area contributed by atoms with Crippen LogP contribution < -0.4 is 10.1 Å². The zero-order valence-electron chi connectivity index (χ0n) is 21.8. The normalized spacial score (nSPS) is 20.8. The largest absolute Gasteiger partial charge is 0.491 e. The van der Waals surface area contributed by atoms with Crippen molar-refractivity contribution >= 4 is 23.4 Å². The Morgan fingerprint density at radius 3 is 2.46 bits per heavy atom. The molecule has 10 heteroatoms. The summed E-state index contributed by atoms with van der Waals surface area (Å²) in [6.45, 7) is 4.58. The molecule has 1 aliphatic heterocycles. The van der Waals surface area contributed by atoms with Crippen LogP contribution in [0.25, 0.3) is 0 Å². The number of nitrogens with one attached hydrogen (secondary N) is 1. The Labute approximate surface area is 216 Å². The van der Waals surface area contributed by atoms with Crippen molar-refractivity contribution in [1.82, 2.24) is 9.80 Å². The van der Waals surface area contributed by atoms with Gasteiger partial charge in [-0.1, -0.05) is 6.92 Å². The Morgan fingerprint density at radius 1 is 1.11 bits per heavy atom. The molecule has 1 N–H and O–H groups in total. The molecule has 3 rings (SSSR count). The van der Waals surface area contributed by atoms with E-state index in [1.807, 2.05) is 13.8 Å². The van der Waals surface area contributed by atoms with Crippen LogP contribution in [0.4, 0.5) is 10.1 Å². The average molecular weight is 516 g/mol. The molecule has 0 radical (unpaired) electrons. The molecule has 0 saturated carbocycles. The molecule has 0 spiro atoms. The van der Waals surface area contributed by atoms with Gasteiger partial charge in [0, 0.05) is 57.6 Å². The van der Waals surface area contributed by atoms with Crippen molar-refractivity contribution in [2.45, 2.75) is 26.0 Å². The van der Waals surface area contributed by atoms with Crippen LogP contribution in [-0.4, -0.2) is 87.2 Å². The fourth-order valence-corrected chi connectivity index (χ4v) is 4.21. The predicted octanol–water partition coefficient (Wildman–Crippen LogP) is 3.06. The van der Waals surface area contributed by atoms with Crippen molar-refractivity contribution in [3.05, 3.63) is 59.4 Å². The number of likely N-dealkylation sites (N-methyl/N-ethyl adjacent to an activating group) is 1. The minimum absolute atomic E-state index is 0.0635. The molecule has 0 aliphatic carbocycles. The van der Waals surface area contributed by atoms with Crippen LogP contribution in [0.2, 0.25) is 0 Å². The minimum Gasteiger partial charge on any atom is -0.491 e. The van der Waals surface area contributed by atoms with Crippen molar-refractivity contribution in [2.75, 3.05) is 52.9 Å². The lowest BCUT2D eigenvalue weighted by molar-refractivity contribution is -0.139. The number of halogens is 1. The Kier molecular flexibility index (Phi) is 9.60. The quantitative estimate of drug-likeness (QED) is 0.658. The van der Waals surface area contributed by atoms with Crippen LogP contribution in [0.5, 0.6) is 5.75 Å². The number of anilines is 1. The van der Waals surface area contributed by atoms with Gasteiger partial charge in [0.25, 0.3) is 11.8 Å². The van der Waals surface area contributed by atoms with Gasteiger partial charge in [0.05, 0.1) is 17.7 Å². The van der Waals surface area contributed by atoms with Crippen molar-refractivity contribution in [1.29, 1.82) is 0 Å². The number of methoxy groups -OCH3 is 2. The molecule has 0 unspecified atom stereocenters. The molecule has 1 aliphatic rings. The Hall–Kier alpha value is -3.50. The molecule has 3 amide bonds. The summed E-state index contributed by atoms with van der Waals surface area (Å²) in [7, 11) is 4.73. The summed E-state index contributed by atoms with van der Waals surface area (Å²) < 4.78 is 30.0. The maximum atomic E-state index is 13.3. The van der Waals surface area contributed by atoms with Crippen molar-refractivity contribution in [3.8, 4) is 5.75 Å². The number of carbonyl (C=O) groups excluding carboxylic acids is 3. The summed E-state index contributed by atoms with van der Waals surface area (Å²) in [6.07, 6.45) is -0.308. The first-order valence-corrected chi connectivity index (χ1v) is 12.0. The van der Waals surface area contributed by atoms with Gasteiger partial charge >= 0.3 is 0 Å². The SMILES string of the molecule is COCC(=O)N1C[C@H](C)[C@H](OC)CN(C)C(=O)c2ccc(NC(=O)c3ccc(F)cc3)cc2OC[C@H]1C. The molecular weight excluding hydrogens is 481 g/mol. The Balaban J connectivity index is 1.93. The molecule has 37 heavy (non-hydrogen) atoms. The molecule has 0 saturated heterocycles. The predicted molar refractivity (Wildman–Crippen MR) is 136 cm³/mol. The average Bonchev–Trinajstić information content (AvgIpc) is 2.88. The summed E-state index contributed by atoms with van der Waals surface area (Å²) in [5, 5.41) is 2.75. The second-order valence-corrected chi connectivity index (χ2v) is 9.25. The summed E-state index contributed by atoms with van der Waals surface area (Å²) in [6, 6.07) is 9.61. The Bertz CT molecular complexity index is 1110. The van der Waals surface area contributed by atoms with Crippen LogP contribution in [-0.2, 0) is 14.3 Å². The molecule has 2 aromatic carbocycles. The maximum absolute atomic E-state index is 13.3. The number of amides is 3. The highest BCUT2D eigenvalue weighted by Crippen LogP contribution is 2.27. The van der Waals surface area contributed by atoms with E-state index in [0.29, 0.717) is 24.3 Å². The second kappa shape index (κ2) is 12.6. The van der Waals surface area contributed by atoms with Crippen molar-refractivity contribution in [2.24, 2.45) is 5.92 Å². The second-order valence-electron chi connectivity index (χ2n) is 9.25. The smallest absolute Gasteiger partial charge is 0.257 e. The first kappa shape index (κ1) is 28.1. The van der Waals surface area contributed by atoms with Gasteiger partial charge in [0.1, 0.15) is 24.8 Å². The monoisotopic (exact) mass is 515 g/mol. The minimum atomic E-state index is -0.440. The first-order valence-electron chi connectivity index (χ1n) is 12.0. The van der Waals surface area contributed by atoms with E-state index in [2.05, 4.69) is 5.32 Å². The number of nitrogens with zero attached hydrogens (tertiary/aromatic N) is 2. The van der Waals surface area contributed by atoms with Gasteiger partial charge in [0.15, 0.2) is 0 Å². The topological polar surface area (TPSA) is 97.4 Å². The molecule has 9 nitrogen and oxygen atoms in total. The van der Waals surface area contributed by atoms with E-state index < -0.39 is 11.7 Å². The third kappa shape index (κ3) is 7.05. The molecule has 1 heterocycles. The van der Waals surface area contributed by atoms with Crippen molar-refractivity contribution < 1.29 is 33.0 Å². The van der Waals surface area contributed by atoms with Gasteiger partial charge in [-0.05, 0) is 43.3 Å². The third-order valence-electron chi connectivity index (χ3n) is 6.40. The number of benzene rings is 2. The Morgan fingerprint density at radius 2 is 1.81 bits per heavy atom. The molecule has 200 valence electrons. The van der Waals surface area contributed by atoms with E-state index in [-0.39, 0.29) is 54.4 Å². The molecule has 0 bridgehead atoms. The number of ether oxygens (including phenoxy) is 3. The van der Waals surface area contributed by atoms with Gasteiger partial charge in [-0.2, -0.15) is 0 Å². The van der Waals surface area contributed by atoms with Crippen LogP contribution in [0, 0.1) is 11.7 Å². The van der Waals surface area contributed by atoms with Crippen molar-refractivity contribution in [3.63, 3.8) is 0 Å². The molecular formula is C27H34FN3O6. The lowest BCUT2D eigenvalue weighted by Crippen LogP contribution is -2.49. The van der Waals surface area contributed by atoms with Gasteiger partial charge in [-0.3, -0.25) is 14.4 Å². The lowest BCUT2D eigenvalue weighted by Gasteiger charge is -2.36. The molecule has 3 atom stereocenters. The fraction of sp³-hybridized carbons (Fsp3) is 0.444. The van der Waals surface area contributed by atoms with Crippen LogP contribution >= 0.6 is 0 Å². The fourth-order valence-electron chi connectivity index (χ4n) is 4.21. The molecule has 0 fully saturated rings. The number of fused-ring (bicyclic) bond motifs is 1. The number of rotatable bonds is 5. The maximum Gasteiger partial charge on any atom is 0.257 e.